The van der Waals surface area contributed by atoms with Crippen LogP contribution in [-0.2, 0) is 16.1 Å². The Kier molecular flexibility index (Phi) is 5.38. The molecule has 0 aliphatic heterocycles. The summed E-state index contributed by atoms with van der Waals surface area (Å²) in [7, 11) is 1.35. The zero-order chi connectivity index (χ0) is 12.8. The normalized spacial score (nSPS) is 12.2. The van der Waals surface area contributed by atoms with E-state index in [1.54, 1.807) is 6.07 Å². The number of ether oxygens (including phenoxy) is 1. The molecule has 3 nitrogen and oxygen atoms in total. The summed E-state index contributed by atoms with van der Waals surface area (Å²) in [6.07, 6.45) is 0.287. The summed E-state index contributed by atoms with van der Waals surface area (Å²) < 4.78 is 17.4. The van der Waals surface area contributed by atoms with Gasteiger partial charge >= 0.3 is 5.97 Å². The second kappa shape index (κ2) is 6.57. The average Bonchev–Trinajstić information content (AvgIpc) is 2.27. The standard InChI is InChI=1S/C12H15ClFNO2/c1-8(5-12(16)17-2)15-7-9-3-4-10(14)6-11(9)13/h3-4,6,8,15H,5,7H2,1-2H3. The van der Waals surface area contributed by atoms with Crippen molar-refractivity contribution < 1.29 is 13.9 Å². The Morgan fingerprint density at radius 1 is 1.59 bits per heavy atom. The van der Waals surface area contributed by atoms with Gasteiger partial charge in [0.1, 0.15) is 5.82 Å². The van der Waals surface area contributed by atoms with E-state index < -0.39 is 0 Å². The smallest absolute Gasteiger partial charge is 0.307 e. The largest absolute Gasteiger partial charge is 0.469 e. The molecule has 1 atom stereocenters. The van der Waals surface area contributed by atoms with Gasteiger partial charge in [0.05, 0.1) is 13.5 Å². The molecular formula is C12H15ClFNO2. The maximum atomic E-state index is 12.8. The van der Waals surface area contributed by atoms with E-state index in [-0.39, 0.29) is 24.2 Å². The van der Waals surface area contributed by atoms with Gasteiger partial charge in [-0.1, -0.05) is 17.7 Å². The van der Waals surface area contributed by atoms with Crippen LogP contribution >= 0.6 is 11.6 Å². The highest BCUT2D eigenvalue weighted by Gasteiger charge is 2.09. The Hall–Kier alpha value is -1.13. The van der Waals surface area contributed by atoms with Crippen molar-refractivity contribution in [3.8, 4) is 0 Å². The molecule has 0 radical (unpaired) electrons. The van der Waals surface area contributed by atoms with Gasteiger partial charge in [-0.2, -0.15) is 0 Å². The molecule has 0 spiro atoms. The quantitative estimate of drug-likeness (QED) is 0.826. The highest BCUT2D eigenvalue weighted by Crippen LogP contribution is 2.17. The van der Waals surface area contributed by atoms with Crippen molar-refractivity contribution >= 4 is 17.6 Å². The lowest BCUT2D eigenvalue weighted by Gasteiger charge is -2.13. The third-order valence-corrected chi connectivity index (χ3v) is 2.71. The molecule has 0 aliphatic rings. The predicted octanol–water partition coefficient (Wildman–Crippen LogP) is 2.52. The molecule has 1 N–H and O–H groups in total. The molecule has 1 aromatic carbocycles. The van der Waals surface area contributed by atoms with Crippen LogP contribution in [0.1, 0.15) is 18.9 Å². The highest BCUT2D eigenvalue weighted by atomic mass is 35.5. The van der Waals surface area contributed by atoms with Crippen molar-refractivity contribution in [2.75, 3.05) is 7.11 Å². The fourth-order valence-corrected chi connectivity index (χ4v) is 1.59. The Morgan fingerprint density at radius 2 is 2.29 bits per heavy atom. The lowest BCUT2D eigenvalue weighted by Crippen LogP contribution is -2.28. The fourth-order valence-electron chi connectivity index (χ4n) is 1.35. The average molecular weight is 260 g/mol. The molecule has 0 heterocycles. The Morgan fingerprint density at radius 3 is 2.88 bits per heavy atom. The number of nitrogens with one attached hydrogen (secondary N) is 1. The first-order chi connectivity index (χ1) is 8.02. The molecule has 5 heteroatoms. The van der Waals surface area contributed by atoms with Gasteiger partial charge in [-0.05, 0) is 24.6 Å². The van der Waals surface area contributed by atoms with E-state index in [0.29, 0.717) is 11.6 Å². The summed E-state index contributed by atoms with van der Waals surface area (Å²) in [5, 5.41) is 3.49. The Balaban J connectivity index is 2.47. The van der Waals surface area contributed by atoms with Gasteiger partial charge in [0, 0.05) is 17.6 Å². The fraction of sp³-hybridized carbons (Fsp3) is 0.417. The first-order valence-electron chi connectivity index (χ1n) is 5.27. The monoisotopic (exact) mass is 259 g/mol. The van der Waals surface area contributed by atoms with Gasteiger partial charge in [-0.15, -0.1) is 0 Å². The van der Waals surface area contributed by atoms with E-state index in [4.69, 9.17) is 11.6 Å². The first kappa shape index (κ1) is 13.9. The van der Waals surface area contributed by atoms with Crippen molar-refractivity contribution in [1.82, 2.24) is 5.32 Å². The van der Waals surface area contributed by atoms with Crippen LogP contribution in [0.4, 0.5) is 4.39 Å². The molecule has 0 amide bonds. The molecule has 94 valence electrons. The lowest BCUT2D eigenvalue weighted by atomic mass is 10.2. The second-order valence-corrected chi connectivity index (χ2v) is 4.21. The number of hydrogen-bond donors (Lipinski definition) is 1. The predicted molar refractivity (Wildman–Crippen MR) is 64.3 cm³/mol. The number of carbonyl (C=O) groups is 1. The third kappa shape index (κ3) is 4.71. The number of methoxy groups -OCH3 is 1. The summed E-state index contributed by atoms with van der Waals surface area (Å²) in [6.45, 7) is 2.35. The highest BCUT2D eigenvalue weighted by molar-refractivity contribution is 6.31. The molecule has 0 aliphatic carbocycles. The molecule has 0 bridgehead atoms. The van der Waals surface area contributed by atoms with Gasteiger partial charge < -0.3 is 10.1 Å². The van der Waals surface area contributed by atoms with Crippen LogP contribution in [-0.4, -0.2) is 19.1 Å². The van der Waals surface area contributed by atoms with Crippen molar-refractivity contribution in [2.24, 2.45) is 0 Å². The topological polar surface area (TPSA) is 38.3 Å². The molecule has 0 fully saturated rings. The van der Waals surface area contributed by atoms with E-state index in [1.807, 2.05) is 6.92 Å². The minimum atomic E-state index is -0.360. The van der Waals surface area contributed by atoms with E-state index in [2.05, 4.69) is 10.1 Å². The van der Waals surface area contributed by atoms with Crippen LogP contribution in [0.3, 0.4) is 0 Å². The molecule has 17 heavy (non-hydrogen) atoms. The zero-order valence-corrected chi connectivity index (χ0v) is 10.6. The third-order valence-electron chi connectivity index (χ3n) is 2.36. The van der Waals surface area contributed by atoms with Crippen LogP contribution in [0.15, 0.2) is 18.2 Å². The van der Waals surface area contributed by atoms with Crippen molar-refractivity contribution in [2.45, 2.75) is 25.9 Å². The summed E-state index contributed by atoms with van der Waals surface area (Å²) in [6, 6.07) is 4.22. The SMILES string of the molecule is COC(=O)CC(C)NCc1ccc(F)cc1Cl. The van der Waals surface area contributed by atoms with Crippen LogP contribution in [0.25, 0.3) is 0 Å². The zero-order valence-electron chi connectivity index (χ0n) is 9.80. The minimum Gasteiger partial charge on any atom is -0.469 e. The summed E-state index contributed by atoms with van der Waals surface area (Å²) >= 11 is 5.87. The number of carbonyl (C=O) groups excluding carboxylic acids is 1. The van der Waals surface area contributed by atoms with E-state index >= 15 is 0 Å². The number of hydrogen-bond acceptors (Lipinski definition) is 3. The molecule has 0 saturated carbocycles. The molecule has 1 unspecified atom stereocenters. The van der Waals surface area contributed by atoms with E-state index in [9.17, 15) is 9.18 Å². The molecule has 0 aromatic heterocycles. The molecule has 1 aromatic rings. The van der Waals surface area contributed by atoms with Crippen LogP contribution in [0.5, 0.6) is 0 Å². The van der Waals surface area contributed by atoms with Crippen molar-refractivity contribution in [3.05, 3.63) is 34.6 Å². The molecular weight excluding hydrogens is 245 g/mol. The number of esters is 1. The van der Waals surface area contributed by atoms with E-state index in [0.717, 1.165) is 5.56 Å². The first-order valence-corrected chi connectivity index (χ1v) is 5.65. The second-order valence-electron chi connectivity index (χ2n) is 3.80. The van der Waals surface area contributed by atoms with Crippen LogP contribution in [0.2, 0.25) is 5.02 Å². The summed E-state index contributed by atoms with van der Waals surface area (Å²) in [5.74, 6) is -0.628. The molecule has 1 rings (SSSR count). The van der Waals surface area contributed by atoms with Crippen LogP contribution in [0, 0.1) is 5.82 Å². The Labute approximate surface area is 105 Å². The maximum Gasteiger partial charge on any atom is 0.307 e. The van der Waals surface area contributed by atoms with Gasteiger partial charge in [-0.3, -0.25) is 4.79 Å². The summed E-state index contributed by atoms with van der Waals surface area (Å²) in [4.78, 5) is 11.0. The lowest BCUT2D eigenvalue weighted by molar-refractivity contribution is -0.141. The van der Waals surface area contributed by atoms with Crippen molar-refractivity contribution in [1.29, 1.82) is 0 Å². The van der Waals surface area contributed by atoms with Crippen molar-refractivity contribution in [3.63, 3.8) is 0 Å². The van der Waals surface area contributed by atoms with Gasteiger partial charge in [-0.25, -0.2) is 4.39 Å². The summed E-state index contributed by atoms with van der Waals surface area (Å²) in [5.41, 5.74) is 0.796. The van der Waals surface area contributed by atoms with Gasteiger partial charge in [0.25, 0.3) is 0 Å². The number of halogens is 2. The van der Waals surface area contributed by atoms with Crippen LogP contribution < -0.4 is 5.32 Å². The number of benzene rings is 1. The van der Waals surface area contributed by atoms with Gasteiger partial charge in [0.2, 0.25) is 0 Å². The minimum absolute atomic E-state index is 0.0245. The molecule has 0 saturated heterocycles. The Bertz CT molecular complexity index is 398. The maximum absolute atomic E-state index is 12.8. The van der Waals surface area contributed by atoms with E-state index in [1.165, 1.54) is 19.2 Å². The van der Waals surface area contributed by atoms with Gasteiger partial charge in [0.15, 0.2) is 0 Å². The number of rotatable bonds is 5.